The van der Waals surface area contributed by atoms with Crippen molar-refractivity contribution in [2.24, 2.45) is 5.73 Å². The normalized spacial score (nSPS) is 12.5. The zero-order valence-corrected chi connectivity index (χ0v) is 13.9. The number of hydrogen-bond acceptors (Lipinski definition) is 4. The third kappa shape index (κ3) is 3.10. The van der Waals surface area contributed by atoms with E-state index in [4.69, 9.17) is 5.73 Å². The number of nitrogens with zero attached hydrogens (tertiary/aromatic N) is 2. The monoisotopic (exact) mass is 359 g/mol. The Morgan fingerprint density at radius 1 is 1.14 bits per heavy atom. The van der Waals surface area contributed by atoms with Crippen LogP contribution in [-0.2, 0) is 0 Å². The largest absolute Gasteiger partial charge is 0.324 e. The highest BCUT2D eigenvalue weighted by atomic mass is 79.9. The summed E-state index contributed by atoms with van der Waals surface area (Å²) in [4.78, 5) is 9.81. The van der Waals surface area contributed by atoms with E-state index in [2.05, 4.69) is 44.1 Å². The van der Waals surface area contributed by atoms with E-state index < -0.39 is 0 Å². The highest BCUT2D eigenvalue weighted by Gasteiger charge is 2.09. The van der Waals surface area contributed by atoms with Crippen LogP contribution in [0.25, 0.3) is 10.9 Å². The summed E-state index contributed by atoms with van der Waals surface area (Å²) in [5.74, 6) is 0. The molecule has 5 heteroatoms. The minimum Gasteiger partial charge on any atom is -0.324 e. The van der Waals surface area contributed by atoms with Crippen molar-refractivity contribution < 1.29 is 0 Å². The standard InChI is InChI=1S/C16H14BrN3S/c1-10(18)12-7-6-11(8-14(12)17)21-16-13-4-2-3-5-15(13)19-9-20-16/h2-10H,18H2,1H3/t10-/m1/s1. The lowest BCUT2D eigenvalue weighted by Crippen LogP contribution is -2.05. The third-order valence-electron chi connectivity index (χ3n) is 3.18. The number of hydrogen-bond donors (Lipinski definition) is 1. The van der Waals surface area contributed by atoms with Gasteiger partial charge in [0.2, 0.25) is 0 Å². The van der Waals surface area contributed by atoms with Gasteiger partial charge in [-0.3, -0.25) is 0 Å². The van der Waals surface area contributed by atoms with Crippen molar-refractivity contribution in [3.05, 3.63) is 58.8 Å². The van der Waals surface area contributed by atoms with Gasteiger partial charge in [0.25, 0.3) is 0 Å². The molecule has 0 aliphatic carbocycles. The predicted octanol–water partition coefficient (Wildman–Crippen LogP) is 4.56. The Morgan fingerprint density at radius 3 is 2.71 bits per heavy atom. The van der Waals surface area contributed by atoms with Crippen LogP contribution in [0.1, 0.15) is 18.5 Å². The van der Waals surface area contributed by atoms with Gasteiger partial charge in [0.05, 0.1) is 5.52 Å². The molecule has 0 aliphatic rings. The smallest absolute Gasteiger partial charge is 0.117 e. The van der Waals surface area contributed by atoms with E-state index >= 15 is 0 Å². The topological polar surface area (TPSA) is 51.8 Å². The number of halogens is 1. The Bertz CT molecular complexity index is 784. The van der Waals surface area contributed by atoms with Crippen molar-refractivity contribution in [2.75, 3.05) is 0 Å². The zero-order valence-electron chi connectivity index (χ0n) is 11.5. The van der Waals surface area contributed by atoms with E-state index in [9.17, 15) is 0 Å². The van der Waals surface area contributed by atoms with E-state index in [1.165, 1.54) is 0 Å². The lowest BCUT2D eigenvalue weighted by Gasteiger charge is -2.10. The zero-order chi connectivity index (χ0) is 14.8. The van der Waals surface area contributed by atoms with Gasteiger partial charge in [-0.25, -0.2) is 9.97 Å². The minimum absolute atomic E-state index is 0.0123. The van der Waals surface area contributed by atoms with Crippen LogP contribution in [-0.4, -0.2) is 9.97 Å². The van der Waals surface area contributed by atoms with Crippen molar-refractivity contribution in [1.29, 1.82) is 0 Å². The van der Waals surface area contributed by atoms with E-state index in [0.29, 0.717) is 0 Å². The van der Waals surface area contributed by atoms with Gasteiger partial charge in [-0.15, -0.1) is 0 Å². The second-order valence-electron chi connectivity index (χ2n) is 4.77. The van der Waals surface area contributed by atoms with Gasteiger partial charge in [0.1, 0.15) is 11.4 Å². The molecule has 0 fully saturated rings. The quantitative estimate of drug-likeness (QED) is 0.696. The van der Waals surface area contributed by atoms with Crippen LogP contribution in [0, 0.1) is 0 Å². The molecule has 0 amide bonds. The molecule has 0 unspecified atom stereocenters. The first-order valence-electron chi connectivity index (χ1n) is 6.58. The Labute approximate surface area is 136 Å². The highest BCUT2D eigenvalue weighted by Crippen LogP contribution is 2.34. The number of nitrogens with two attached hydrogens (primary N) is 1. The molecule has 0 saturated carbocycles. The van der Waals surface area contributed by atoms with E-state index in [1.54, 1.807) is 18.1 Å². The van der Waals surface area contributed by atoms with Gasteiger partial charge in [-0.05, 0) is 30.7 Å². The Hall–Kier alpha value is -1.43. The van der Waals surface area contributed by atoms with E-state index in [-0.39, 0.29) is 6.04 Å². The van der Waals surface area contributed by atoms with Crippen LogP contribution in [0.3, 0.4) is 0 Å². The molecule has 106 valence electrons. The van der Waals surface area contributed by atoms with Crippen molar-refractivity contribution >= 4 is 38.6 Å². The molecule has 1 aromatic heterocycles. The number of benzene rings is 2. The van der Waals surface area contributed by atoms with E-state index in [0.717, 1.165) is 30.9 Å². The average molecular weight is 360 g/mol. The fourth-order valence-electron chi connectivity index (χ4n) is 2.11. The molecular weight excluding hydrogens is 346 g/mol. The minimum atomic E-state index is 0.0123. The lowest BCUT2D eigenvalue weighted by molar-refractivity contribution is 0.811. The molecule has 2 N–H and O–H groups in total. The molecule has 3 rings (SSSR count). The number of rotatable bonds is 3. The Balaban J connectivity index is 1.97. The average Bonchev–Trinajstić information content (AvgIpc) is 2.47. The number of para-hydroxylation sites is 1. The molecule has 0 bridgehead atoms. The molecule has 0 radical (unpaired) electrons. The van der Waals surface area contributed by atoms with Crippen LogP contribution in [0.4, 0.5) is 0 Å². The first-order chi connectivity index (χ1) is 10.1. The first kappa shape index (κ1) is 14.5. The number of fused-ring (bicyclic) bond motifs is 1. The van der Waals surface area contributed by atoms with Gasteiger partial charge >= 0.3 is 0 Å². The summed E-state index contributed by atoms with van der Waals surface area (Å²) < 4.78 is 1.03. The summed E-state index contributed by atoms with van der Waals surface area (Å²) in [7, 11) is 0. The van der Waals surface area contributed by atoms with E-state index in [1.807, 2.05) is 31.2 Å². The maximum atomic E-state index is 5.93. The lowest BCUT2D eigenvalue weighted by atomic mass is 10.1. The summed E-state index contributed by atoms with van der Waals surface area (Å²) in [5, 5.41) is 2.03. The Morgan fingerprint density at radius 2 is 1.95 bits per heavy atom. The van der Waals surface area contributed by atoms with Crippen LogP contribution in [0.15, 0.2) is 63.2 Å². The summed E-state index contributed by atoms with van der Waals surface area (Å²) in [5.41, 5.74) is 8.00. The highest BCUT2D eigenvalue weighted by molar-refractivity contribution is 9.10. The van der Waals surface area contributed by atoms with Crippen LogP contribution in [0.5, 0.6) is 0 Å². The maximum Gasteiger partial charge on any atom is 0.117 e. The third-order valence-corrected chi connectivity index (χ3v) is 4.88. The van der Waals surface area contributed by atoms with Gasteiger partial charge in [0, 0.05) is 20.8 Å². The Kier molecular flexibility index (Phi) is 4.24. The van der Waals surface area contributed by atoms with Crippen LogP contribution in [0.2, 0.25) is 0 Å². The molecule has 0 saturated heterocycles. The van der Waals surface area contributed by atoms with Crippen LogP contribution >= 0.6 is 27.7 Å². The summed E-state index contributed by atoms with van der Waals surface area (Å²) in [6.45, 7) is 1.98. The second kappa shape index (κ2) is 6.13. The molecule has 3 nitrogen and oxygen atoms in total. The van der Waals surface area contributed by atoms with Crippen LogP contribution < -0.4 is 5.73 Å². The van der Waals surface area contributed by atoms with Gasteiger partial charge < -0.3 is 5.73 Å². The molecule has 0 spiro atoms. The van der Waals surface area contributed by atoms with Gasteiger partial charge in [-0.1, -0.05) is 52.0 Å². The molecule has 0 aliphatic heterocycles. The SMILES string of the molecule is C[C@@H](N)c1ccc(Sc2ncnc3ccccc23)cc1Br. The van der Waals surface area contributed by atoms with Crippen molar-refractivity contribution in [2.45, 2.75) is 22.9 Å². The fraction of sp³-hybridized carbons (Fsp3) is 0.125. The molecule has 3 aromatic rings. The van der Waals surface area contributed by atoms with Crippen molar-refractivity contribution in [3.8, 4) is 0 Å². The molecule has 2 aromatic carbocycles. The summed E-state index contributed by atoms with van der Waals surface area (Å²) in [6, 6.07) is 14.3. The summed E-state index contributed by atoms with van der Waals surface area (Å²) >= 11 is 5.21. The van der Waals surface area contributed by atoms with Crippen molar-refractivity contribution in [1.82, 2.24) is 9.97 Å². The van der Waals surface area contributed by atoms with Crippen molar-refractivity contribution in [3.63, 3.8) is 0 Å². The molecular formula is C16H14BrN3S. The van der Waals surface area contributed by atoms with Gasteiger partial charge in [-0.2, -0.15) is 0 Å². The molecule has 21 heavy (non-hydrogen) atoms. The summed E-state index contributed by atoms with van der Waals surface area (Å²) in [6.07, 6.45) is 1.61. The van der Waals surface area contributed by atoms with Gasteiger partial charge in [0.15, 0.2) is 0 Å². The second-order valence-corrected chi connectivity index (χ2v) is 6.69. The molecule has 1 heterocycles. The fourth-order valence-corrected chi connectivity index (χ4v) is 3.92. The maximum absolute atomic E-state index is 5.93. The number of aromatic nitrogens is 2. The predicted molar refractivity (Wildman–Crippen MR) is 90.4 cm³/mol. The molecule has 1 atom stereocenters. The first-order valence-corrected chi connectivity index (χ1v) is 8.19.